The van der Waals surface area contributed by atoms with Gasteiger partial charge in [-0.1, -0.05) is 49.6 Å². The lowest BCUT2D eigenvalue weighted by molar-refractivity contribution is -0.128. The van der Waals surface area contributed by atoms with Gasteiger partial charge >= 0.3 is 0 Å². The lowest BCUT2D eigenvalue weighted by Gasteiger charge is -2.26. The molecule has 0 aliphatic carbocycles. The topological polar surface area (TPSA) is 105 Å². The summed E-state index contributed by atoms with van der Waals surface area (Å²) in [6.07, 6.45) is 0. The summed E-state index contributed by atoms with van der Waals surface area (Å²) in [5.74, 6) is -0.383. The number of methoxy groups -OCH3 is 1. The van der Waals surface area contributed by atoms with Crippen LogP contribution in [0.5, 0.6) is 5.75 Å². The largest absolute Gasteiger partial charge is 0.497 e. The van der Waals surface area contributed by atoms with Gasteiger partial charge in [-0.3, -0.25) is 24.1 Å². The number of anilines is 2. The number of nitrogens with zero attached hydrogens (tertiary/aromatic N) is 1. The maximum Gasteiger partial charge on any atom is 0.289 e. The number of carbonyl (C=O) groups is 4. The summed E-state index contributed by atoms with van der Waals surface area (Å²) in [5.41, 5.74) is 2.56. The van der Waals surface area contributed by atoms with Crippen LogP contribution in [0.1, 0.15) is 6.92 Å². The number of imide groups is 1. The fourth-order valence-corrected chi connectivity index (χ4v) is 5.81. The summed E-state index contributed by atoms with van der Waals surface area (Å²) >= 11 is 0.887. The molecule has 3 rings (SSSR count). The monoisotopic (exact) mass is 485 g/mol. The molecule has 8 nitrogen and oxygen atoms in total. The number of carbonyl (C=O) groups excluding carboxylic acids is 4. The lowest BCUT2D eigenvalue weighted by Crippen LogP contribution is -2.42. The first-order chi connectivity index (χ1) is 15.5. The van der Waals surface area contributed by atoms with E-state index in [-0.39, 0.29) is 24.1 Å². The van der Waals surface area contributed by atoms with Gasteiger partial charge in [0.25, 0.3) is 5.24 Å². The Hall–Kier alpha value is -3.11. The third kappa shape index (κ3) is 5.63. The number of hydrogen-bond donors (Lipinski definition) is 2. The summed E-state index contributed by atoms with van der Waals surface area (Å²) in [6, 6.07) is 11.1. The molecule has 1 aliphatic heterocycles. The molecule has 1 saturated heterocycles. The molecule has 1 aliphatic rings. The molecule has 4 amide bonds. The van der Waals surface area contributed by atoms with Crippen LogP contribution in [-0.2, 0) is 14.4 Å². The molecule has 0 radical (unpaired) electrons. The molecule has 33 heavy (non-hydrogen) atoms. The third-order valence-electron chi connectivity index (χ3n) is 5.11. The van der Waals surface area contributed by atoms with E-state index in [1.165, 1.54) is 6.92 Å². The molecule has 2 N–H and O–H groups in total. The highest BCUT2D eigenvalue weighted by molar-refractivity contribution is 8.14. The molecule has 2 aromatic rings. The first-order valence-electron chi connectivity index (χ1n) is 10.4. The van der Waals surface area contributed by atoms with Gasteiger partial charge in [0.05, 0.1) is 26.6 Å². The van der Waals surface area contributed by atoms with Gasteiger partial charge in [0.15, 0.2) is 0 Å². The van der Waals surface area contributed by atoms with Crippen LogP contribution in [0, 0.1) is 0 Å². The van der Waals surface area contributed by atoms with E-state index in [1.807, 2.05) is 24.3 Å². The first-order valence-corrected chi connectivity index (χ1v) is 14.9. The van der Waals surface area contributed by atoms with E-state index >= 15 is 0 Å². The van der Waals surface area contributed by atoms with Crippen LogP contribution in [0.3, 0.4) is 0 Å². The summed E-state index contributed by atoms with van der Waals surface area (Å²) < 4.78 is 5.26. The Bertz CT molecular complexity index is 1100. The summed E-state index contributed by atoms with van der Waals surface area (Å²) in [4.78, 5) is 49.8. The predicted octanol–water partition coefficient (Wildman–Crippen LogP) is 3.50. The van der Waals surface area contributed by atoms with E-state index in [9.17, 15) is 19.2 Å². The minimum absolute atomic E-state index is 0.0430. The fourth-order valence-electron chi connectivity index (χ4n) is 3.57. The fraction of sp³-hybridized carbons (Fsp3) is 0.304. The Morgan fingerprint density at radius 3 is 2.24 bits per heavy atom. The van der Waals surface area contributed by atoms with Crippen molar-refractivity contribution in [3.05, 3.63) is 36.4 Å². The highest BCUT2D eigenvalue weighted by Gasteiger charge is 2.32. The Labute approximate surface area is 198 Å². The molecule has 0 spiro atoms. The van der Waals surface area contributed by atoms with E-state index < -0.39 is 19.2 Å². The number of ether oxygens (including phenoxy) is 1. The Morgan fingerprint density at radius 2 is 1.73 bits per heavy atom. The molecule has 0 aromatic heterocycles. The second kappa shape index (κ2) is 9.80. The summed E-state index contributed by atoms with van der Waals surface area (Å²) in [7, 11) is -0.387. The maximum atomic E-state index is 13.0. The van der Waals surface area contributed by atoms with Crippen molar-refractivity contribution in [1.29, 1.82) is 0 Å². The van der Waals surface area contributed by atoms with Crippen LogP contribution in [0.25, 0.3) is 11.1 Å². The van der Waals surface area contributed by atoms with Crippen molar-refractivity contribution in [3.8, 4) is 16.9 Å². The molecule has 10 heteroatoms. The van der Waals surface area contributed by atoms with Crippen molar-refractivity contribution in [3.63, 3.8) is 0 Å². The zero-order chi connectivity index (χ0) is 24.3. The van der Waals surface area contributed by atoms with Crippen molar-refractivity contribution in [2.24, 2.45) is 0 Å². The highest BCUT2D eigenvalue weighted by Crippen LogP contribution is 2.36. The number of rotatable bonds is 7. The average Bonchev–Trinajstić information content (AvgIpc) is 3.05. The standard InChI is InChI=1S/C23H27N3O5SSi/c1-14(27)24-17-10-11-18(33(3,4)5)22(21(17)15-6-8-16(31-2)9-7-15)25-19(28)12-26-20(29)13-32-23(26)30/h6-11H,12-13H2,1-5H3,(H,24,27)(H,25,28). The molecular formula is C23H27N3O5SSi. The molecule has 2 aromatic carbocycles. The second-order valence-electron chi connectivity index (χ2n) is 8.65. The van der Waals surface area contributed by atoms with Gasteiger partial charge in [-0.15, -0.1) is 0 Å². The van der Waals surface area contributed by atoms with E-state index in [1.54, 1.807) is 19.2 Å². The number of benzene rings is 2. The lowest BCUT2D eigenvalue weighted by atomic mass is 10.0. The van der Waals surface area contributed by atoms with E-state index in [0.717, 1.165) is 27.4 Å². The number of amides is 4. The van der Waals surface area contributed by atoms with Crippen molar-refractivity contribution < 1.29 is 23.9 Å². The van der Waals surface area contributed by atoms with Crippen LogP contribution in [0.2, 0.25) is 19.6 Å². The van der Waals surface area contributed by atoms with Crippen molar-refractivity contribution in [2.75, 3.05) is 30.0 Å². The number of thioether (sulfide) groups is 1. The smallest absolute Gasteiger partial charge is 0.289 e. The van der Waals surface area contributed by atoms with Gasteiger partial charge in [0.2, 0.25) is 17.7 Å². The van der Waals surface area contributed by atoms with Gasteiger partial charge < -0.3 is 15.4 Å². The molecule has 0 bridgehead atoms. The van der Waals surface area contributed by atoms with Gasteiger partial charge in [-0.05, 0) is 28.9 Å². The zero-order valence-electron chi connectivity index (χ0n) is 19.3. The number of hydrogen-bond acceptors (Lipinski definition) is 6. The molecule has 174 valence electrons. The molecule has 1 heterocycles. The first kappa shape index (κ1) is 24.5. The van der Waals surface area contributed by atoms with E-state index in [0.29, 0.717) is 22.7 Å². The molecule has 0 saturated carbocycles. The Kier molecular flexibility index (Phi) is 7.28. The Morgan fingerprint density at radius 1 is 1.06 bits per heavy atom. The molecule has 0 unspecified atom stereocenters. The number of nitrogens with one attached hydrogen (secondary N) is 2. The van der Waals surface area contributed by atoms with Crippen molar-refractivity contribution >= 4 is 59.4 Å². The molecule has 1 fully saturated rings. The quantitative estimate of drug-likeness (QED) is 0.582. The SMILES string of the molecule is COc1ccc(-c2c(NC(C)=O)ccc([Si](C)(C)C)c2NC(=O)CN2C(=O)CSC2=O)cc1. The van der Waals surface area contributed by atoms with Crippen LogP contribution in [0.15, 0.2) is 36.4 Å². The highest BCUT2D eigenvalue weighted by atomic mass is 32.2. The van der Waals surface area contributed by atoms with Gasteiger partial charge in [-0.2, -0.15) is 0 Å². The van der Waals surface area contributed by atoms with Crippen molar-refractivity contribution in [1.82, 2.24) is 4.90 Å². The Balaban J connectivity index is 2.12. The minimum atomic E-state index is -1.96. The van der Waals surface area contributed by atoms with Crippen molar-refractivity contribution in [2.45, 2.75) is 26.6 Å². The van der Waals surface area contributed by atoms with Crippen LogP contribution in [-0.4, -0.2) is 55.3 Å². The summed E-state index contributed by atoms with van der Waals surface area (Å²) in [6.45, 7) is 7.51. The van der Waals surface area contributed by atoms with Gasteiger partial charge in [-0.25, -0.2) is 0 Å². The predicted molar refractivity (Wildman–Crippen MR) is 134 cm³/mol. The maximum absolute atomic E-state index is 13.0. The summed E-state index contributed by atoms with van der Waals surface area (Å²) in [5, 5.41) is 6.35. The van der Waals surface area contributed by atoms with Gasteiger partial charge in [0, 0.05) is 18.2 Å². The second-order valence-corrected chi connectivity index (χ2v) is 14.6. The van der Waals surface area contributed by atoms with E-state index in [2.05, 4.69) is 30.3 Å². The average molecular weight is 486 g/mol. The zero-order valence-corrected chi connectivity index (χ0v) is 21.1. The van der Waals surface area contributed by atoms with Crippen LogP contribution in [0.4, 0.5) is 16.2 Å². The van der Waals surface area contributed by atoms with Gasteiger partial charge in [0.1, 0.15) is 12.3 Å². The minimum Gasteiger partial charge on any atom is -0.497 e. The normalized spacial score (nSPS) is 13.8. The third-order valence-corrected chi connectivity index (χ3v) is 8.00. The molecule has 0 atom stereocenters. The van der Waals surface area contributed by atoms with E-state index in [4.69, 9.17) is 4.74 Å². The molecular weight excluding hydrogens is 458 g/mol. The van der Waals surface area contributed by atoms with Crippen LogP contribution >= 0.6 is 11.8 Å². The van der Waals surface area contributed by atoms with Crippen LogP contribution < -0.4 is 20.6 Å².